The van der Waals surface area contributed by atoms with Crippen LogP contribution >= 0.6 is 0 Å². The van der Waals surface area contributed by atoms with Gasteiger partial charge in [0.25, 0.3) is 0 Å². The Hall–Kier alpha value is -4.30. The number of rotatable bonds is 1. The van der Waals surface area contributed by atoms with Crippen LogP contribution in [0.1, 0.15) is 68.2 Å². The number of hydrogen-bond acceptors (Lipinski definition) is 2. The van der Waals surface area contributed by atoms with Crippen LogP contribution in [0.15, 0.2) is 97.3 Å². The second kappa shape index (κ2) is 8.29. The van der Waals surface area contributed by atoms with Crippen molar-refractivity contribution in [2.75, 3.05) is 0 Å². The van der Waals surface area contributed by atoms with Gasteiger partial charge in [-0.05, 0) is 142 Å². The highest BCUT2D eigenvalue weighted by molar-refractivity contribution is 6.12. The average molecular weight is 581 g/mol. The van der Waals surface area contributed by atoms with Gasteiger partial charge in [0.2, 0.25) is 0 Å². The van der Waals surface area contributed by atoms with Gasteiger partial charge in [0, 0.05) is 34.0 Å². The fourth-order valence-corrected chi connectivity index (χ4v) is 11.7. The SMILES string of the molecule is CC1(C)c2ccccc2-c2cc3c(cc21)-c1c(-c2cc4cccnc4c4ncccc24)cccc1C31C2CC3CC(C2)CC1C3. The van der Waals surface area contributed by atoms with Crippen molar-refractivity contribution in [3.8, 4) is 33.4 Å². The minimum Gasteiger partial charge on any atom is -0.254 e. The third kappa shape index (κ3) is 2.93. The van der Waals surface area contributed by atoms with Crippen LogP contribution in [0.3, 0.4) is 0 Å². The van der Waals surface area contributed by atoms with Crippen LogP contribution < -0.4 is 0 Å². The third-order valence-corrected chi connectivity index (χ3v) is 13.1. The summed E-state index contributed by atoms with van der Waals surface area (Å²) in [5.41, 5.74) is 16.8. The molecule has 6 aromatic rings. The van der Waals surface area contributed by atoms with E-state index in [0.29, 0.717) is 0 Å². The van der Waals surface area contributed by atoms with Crippen molar-refractivity contribution < 1.29 is 0 Å². The van der Waals surface area contributed by atoms with Crippen molar-refractivity contribution in [3.05, 3.63) is 120 Å². The van der Waals surface area contributed by atoms with E-state index in [-0.39, 0.29) is 10.8 Å². The summed E-state index contributed by atoms with van der Waals surface area (Å²) in [4.78, 5) is 9.69. The molecule has 45 heavy (non-hydrogen) atoms. The predicted octanol–water partition coefficient (Wildman–Crippen LogP) is 10.5. The largest absolute Gasteiger partial charge is 0.254 e. The summed E-state index contributed by atoms with van der Waals surface area (Å²) in [5, 5.41) is 2.35. The van der Waals surface area contributed by atoms with Crippen LogP contribution in [-0.4, -0.2) is 9.97 Å². The Morgan fingerprint density at radius 3 is 2.04 bits per heavy atom. The zero-order valence-electron chi connectivity index (χ0n) is 26.0. The van der Waals surface area contributed by atoms with E-state index in [9.17, 15) is 0 Å². The highest BCUT2D eigenvalue weighted by atomic mass is 14.7. The first-order valence-electron chi connectivity index (χ1n) is 17.1. The van der Waals surface area contributed by atoms with E-state index in [2.05, 4.69) is 98.8 Å². The van der Waals surface area contributed by atoms with Crippen LogP contribution in [0.2, 0.25) is 0 Å². The first kappa shape index (κ1) is 25.0. The fourth-order valence-electron chi connectivity index (χ4n) is 11.7. The Balaban J connectivity index is 1.26. The molecular weight excluding hydrogens is 544 g/mol. The van der Waals surface area contributed by atoms with Gasteiger partial charge in [0.05, 0.1) is 11.0 Å². The molecule has 2 nitrogen and oxygen atoms in total. The molecule has 4 saturated carbocycles. The lowest BCUT2D eigenvalue weighted by Crippen LogP contribution is -2.55. The van der Waals surface area contributed by atoms with E-state index in [4.69, 9.17) is 9.97 Å². The predicted molar refractivity (Wildman–Crippen MR) is 183 cm³/mol. The Labute approximate surface area is 264 Å². The van der Waals surface area contributed by atoms with E-state index >= 15 is 0 Å². The summed E-state index contributed by atoms with van der Waals surface area (Å²) in [6.45, 7) is 4.86. The molecule has 0 unspecified atom stereocenters. The maximum Gasteiger partial charge on any atom is 0.0970 e. The standard InChI is InChI=1S/C43H36N2/c1-42(2)35-12-4-3-9-29(35)33-22-38-34(23-37(33)42)39-30(32-21-26-8-6-14-44-40(26)41-31(32)11-7-15-45-41)10-5-13-36(39)43(38)27-17-24-16-25(19-27)20-28(43)18-24/h3-15,21-25,27-28H,16-20H2,1-2H3. The van der Waals surface area contributed by atoms with Crippen molar-refractivity contribution in [2.24, 2.45) is 23.7 Å². The van der Waals surface area contributed by atoms with Crippen molar-refractivity contribution in [1.29, 1.82) is 0 Å². The van der Waals surface area contributed by atoms with Gasteiger partial charge in [0.15, 0.2) is 0 Å². The molecule has 6 aliphatic rings. The quantitative estimate of drug-likeness (QED) is 0.181. The van der Waals surface area contributed by atoms with Crippen molar-refractivity contribution >= 4 is 21.8 Å². The number of hydrogen-bond donors (Lipinski definition) is 0. The molecule has 12 rings (SSSR count). The maximum atomic E-state index is 4.90. The molecule has 0 amide bonds. The monoisotopic (exact) mass is 580 g/mol. The van der Waals surface area contributed by atoms with Gasteiger partial charge in [-0.15, -0.1) is 0 Å². The van der Waals surface area contributed by atoms with Crippen LogP contribution in [0.4, 0.5) is 0 Å². The van der Waals surface area contributed by atoms with Crippen molar-refractivity contribution in [1.82, 2.24) is 9.97 Å². The highest BCUT2D eigenvalue weighted by Crippen LogP contribution is 2.71. The molecule has 4 aromatic carbocycles. The first-order valence-corrected chi connectivity index (χ1v) is 17.1. The molecule has 4 fully saturated rings. The van der Waals surface area contributed by atoms with E-state index in [1.165, 1.54) is 82.0 Å². The molecule has 2 heterocycles. The molecule has 6 aliphatic carbocycles. The smallest absolute Gasteiger partial charge is 0.0970 e. The summed E-state index contributed by atoms with van der Waals surface area (Å²) in [5.74, 6) is 3.30. The number of aromatic nitrogens is 2. The number of benzene rings is 4. The molecule has 0 atom stereocenters. The van der Waals surface area contributed by atoms with Crippen molar-refractivity contribution in [2.45, 2.75) is 56.8 Å². The Bertz CT molecular complexity index is 2240. The molecule has 1 spiro atoms. The number of pyridine rings is 2. The summed E-state index contributed by atoms with van der Waals surface area (Å²) in [6.07, 6.45) is 10.8. The highest BCUT2D eigenvalue weighted by Gasteiger charge is 2.62. The third-order valence-electron chi connectivity index (χ3n) is 13.1. The minimum atomic E-state index is -0.0267. The van der Waals surface area contributed by atoms with E-state index in [1.807, 2.05) is 12.4 Å². The maximum absolute atomic E-state index is 4.90. The number of fused-ring (bicyclic) bond motifs is 9. The zero-order chi connectivity index (χ0) is 29.7. The molecule has 0 aliphatic heterocycles. The second-order valence-corrected chi connectivity index (χ2v) is 15.4. The molecule has 218 valence electrons. The summed E-state index contributed by atoms with van der Waals surface area (Å²) < 4.78 is 0. The van der Waals surface area contributed by atoms with Crippen LogP contribution in [0.5, 0.6) is 0 Å². The van der Waals surface area contributed by atoms with E-state index < -0.39 is 0 Å². The minimum absolute atomic E-state index is 0.0267. The van der Waals surface area contributed by atoms with Gasteiger partial charge in [-0.25, -0.2) is 0 Å². The molecular formula is C43H36N2. The molecule has 2 heteroatoms. The van der Waals surface area contributed by atoms with E-state index in [0.717, 1.165) is 40.1 Å². The van der Waals surface area contributed by atoms with Gasteiger partial charge in [-0.3, -0.25) is 9.97 Å². The van der Waals surface area contributed by atoms with Crippen LogP contribution in [0.25, 0.3) is 55.2 Å². The molecule has 2 aromatic heterocycles. The Morgan fingerprint density at radius 1 is 0.533 bits per heavy atom. The van der Waals surface area contributed by atoms with E-state index in [1.54, 1.807) is 11.1 Å². The lowest BCUT2D eigenvalue weighted by Gasteiger charge is -2.61. The Morgan fingerprint density at radius 2 is 1.22 bits per heavy atom. The lowest BCUT2D eigenvalue weighted by atomic mass is 9.43. The second-order valence-electron chi connectivity index (χ2n) is 15.4. The molecule has 0 N–H and O–H groups in total. The normalized spacial score (nSPS) is 27.6. The van der Waals surface area contributed by atoms with Gasteiger partial charge in [-0.1, -0.05) is 68.4 Å². The van der Waals surface area contributed by atoms with Crippen molar-refractivity contribution in [3.63, 3.8) is 0 Å². The van der Waals surface area contributed by atoms with Gasteiger partial charge >= 0.3 is 0 Å². The Kier molecular flexibility index (Phi) is 4.60. The zero-order valence-corrected chi connectivity index (χ0v) is 26.0. The summed E-state index contributed by atoms with van der Waals surface area (Å²) in [6, 6.07) is 32.8. The summed E-state index contributed by atoms with van der Waals surface area (Å²) in [7, 11) is 0. The lowest BCUT2D eigenvalue weighted by molar-refractivity contribution is -0.0399. The van der Waals surface area contributed by atoms with Crippen LogP contribution in [0, 0.1) is 23.7 Å². The van der Waals surface area contributed by atoms with Crippen LogP contribution in [-0.2, 0) is 10.8 Å². The molecule has 0 radical (unpaired) electrons. The topological polar surface area (TPSA) is 25.8 Å². The molecule has 0 saturated heterocycles. The van der Waals surface area contributed by atoms with Gasteiger partial charge in [0.1, 0.15) is 0 Å². The number of nitrogens with zero attached hydrogens (tertiary/aromatic N) is 2. The van der Waals surface area contributed by atoms with Gasteiger partial charge < -0.3 is 0 Å². The van der Waals surface area contributed by atoms with Gasteiger partial charge in [-0.2, -0.15) is 0 Å². The first-order chi connectivity index (χ1) is 22.0. The summed E-state index contributed by atoms with van der Waals surface area (Å²) >= 11 is 0. The average Bonchev–Trinajstić information content (AvgIpc) is 3.48. The molecule has 4 bridgehead atoms. The fraction of sp³-hybridized carbons (Fsp3) is 0.302.